The van der Waals surface area contributed by atoms with Gasteiger partial charge in [0.25, 0.3) is 5.91 Å². The molecule has 0 atom stereocenters. The number of nitrogens with one attached hydrogen (secondary N) is 1. The Labute approximate surface area is 145 Å². The molecule has 1 heterocycles. The third-order valence-corrected chi connectivity index (χ3v) is 3.63. The van der Waals surface area contributed by atoms with Crippen LogP contribution in [0.5, 0.6) is 0 Å². The lowest BCUT2D eigenvalue weighted by atomic mass is 9.94. The summed E-state index contributed by atoms with van der Waals surface area (Å²) in [5.41, 5.74) is 4.01. The van der Waals surface area contributed by atoms with Crippen molar-refractivity contribution in [3.05, 3.63) is 35.4 Å². The molecular weight excluding hydrogens is 326 g/mol. The van der Waals surface area contributed by atoms with Gasteiger partial charge in [0.05, 0.1) is 19.6 Å². The Bertz CT molecular complexity index is 673. The highest BCUT2D eigenvalue weighted by Crippen LogP contribution is 2.23. The Hall–Kier alpha value is -2.61. The van der Waals surface area contributed by atoms with Crippen LogP contribution in [0.25, 0.3) is 0 Å². The fourth-order valence-electron chi connectivity index (χ4n) is 2.36. The maximum atomic E-state index is 12.1. The molecular formula is C17H23N3O5. The topological polar surface area (TPSA) is 122 Å². The molecule has 8 nitrogen and oxygen atoms in total. The highest BCUT2D eigenvalue weighted by atomic mass is 16.6. The molecule has 1 aliphatic rings. The molecule has 8 heteroatoms. The van der Waals surface area contributed by atoms with Crippen molar-refractivity contribution in [3.63, 3.8) is 0 Å². The molecule has 136 valence electrons. The van der Waals surface area contributed by atoms with E-state index in [0.717, 1.165) is 0 Å². The molecule has 4 N–H and O–H groups in total. The number of carbonyl (C=O) groups is 3. The minimum atomic E-state index is -1.18. The Kier molecular flexibility index (Phi) is 5.03. The lowest BCUT2D eigenvalue weighted by molar-refractivity contribution is -0.0948. The average molecular weight is 349 g/mol. The van der Waals surface area contributed by atoms with Crippen LogP contribution in [0.4, 0.5) is 4.79 Å². The zero-order valence-corrected chi connectivity index (χ0v) is 14.5. The number of hydrogen-bond acceptors (Lipinski definition) is 5. The van der Waals surface area contributed by atoms with Crippen LogP contribution in [-0.2, 0) is 4.74 Å². The molecule has 1 saturated heterocycles. The summed E-state index contributed by atoms with van der Waals surface area (Å²) in [4.78, 5) is 36.3. The van der Waals surface area contributed by atoms with Crippen molar-refractivity contribution in [2.45, 2.75) is 32.0 Å². The Balaban J connectivity index is 1.82. The summed E-state index contributed by atoms with van der Waals surface area (Å²) in [5, 5.41) is 12.9. The van der Waals surface area contributed by atoms with Gasteiger partial charge in [-0.1, -0.05) is 0 Å². The van der Waals surface area contributed by atoms with E-state index in [9.17, 15) is 19.5 Å². The minimum absolute atomic E-state index is 0.00268. The molecule has 0 unspecified atom stereocenters. The van der Waals surface area contributed by atoms with Gasteiger partial charge in [0.1, 0.15) is 11.2 Å². The fraction of sp³-hybridized carbons (Fsp3) is 0.471. The largest absolute Gasteiger partial charge is 0.444 e. The lowest BCUT2D eigenvalue weighted by Crippen LogP contribution is -2.68. The summed E-state index contributed by atoms with van der Waals surface area (Å²) in [5.74, 6) is -0.960. The third-order valence-electron chi connectivity index (χ3n) is 3.63. The molecule has 0 radical (unpaired) electrons. The first-order valence-corrected chi connectivity index (χ1v) is 7.87. The zero-order chi connectivity index (χ0) is 18.8. The molecule has 0 aromatic heterocycles. The summed E-state index contributed by atoms with van der Waals surface area (Å²) in [6, 6.07) is 5.87. The van der Waals surface area contributed by atoms with Gasteiger partial charge in [0, 0.05) is 11.1 Å². The number of β-amino-alcohol motifs (C(OH)–C–C–N with tert-alkyl or cyclic N) is 1. The van der Waals surface area contributed by atoms with E-state index >= 15 is 0 Å². The Morgan fingerprint density at radius 3 is 2.20 bits per heavy atom. The standard InChI is InChI=1S/C17H23N3O5/c1-16(2,3)25-15(23)20-9-17(24,10-20)8-19-14(22)12-6-4-11(5-7-12)13(18)21/h4-7,24H,8-10H2,1-3H3,(H2,18,21)(H,19,22). The number of benzene rings is 1. The van der Waals surface area contributed by atoms with Gasteiger partial charge in [-0.2, -0.15) is 0 Å². The van der Waals surface area contributed by atoms with E-state index in [1.807, 2.05) is 0 Å². The van der Waals surface area contributed by atoms with Gasteiger partial charge in [-0.15, -0.1) is 0 Å². The summed E-state index contributed by atoms with van der Waals surface area (Å²) in [6.45, 7) is 5.47. The van der Waals surface area contributed by atoms with Gasteiger partial charge in [-0.25, -0.2) is 4.79 Å². The van der Waals surface area contributed by atoms with Crippen molar-refractivity contribution in [1.82, 2.24) is 10.2 Å². The first kappa shape index (κ1) is 18.7. The van der Waals surface area contributed by atoms with Gasteiger partial charge < -0.3 is 25.8 Å². The number of hydrogen-bond donors (Lipinski definition) is 3. The first-order chi connectivity index (χ1) is 11.5. The normalized spacial score (nSPS) is 15.9. The van der Waals surface area contributed by atoms with E-state index < -0.39 is 23.2 Å². The number of primary amides is 1. The molecule has 0 aliphatic carbocycles. The molecule has 1 aliphatic heterocycles. The van der Waals surface area contributed by atoms with Crippen LogP contribution >= 0.6 is 0 Å². The maximum Gasteiger partial charge on any atom is 0.410 e. The van der Waals surface area contributed by atoms with Crippen molar-refractivity contribution in [1.29, 1.82) is 0 Å². The van der Waals surface area contributed by atoms with Crippen molar-refractivity contribution < 1.29 is 24.2 Å². The highest BCUT2D eigenvalue weighted by Gasteiger charge is 2.45. The van der Waals surface area contributed by atoms with E-state index in [-0.39, 0.29) is 25.5 Å². The number of carbonyl (C=O) groups excluding carboxylic acids is 3. The molecule has 1 fully saturated rings. The van der Waals surface area contributed by atoms with Crippen LogP contribution in [0, 0.1) is 0 Å². The van der Waals surface area contributed by atoms with Gasteiger partial charge in [-0.3, -0.25) is 9.59 Å². The molecule has 0 saturated carbocycles. The van der Waals surface area contributed by atoms with Crippen molar-refractivity contribution >= 4 is 17.9 Å². The summed E-state index contributed by atoms with van der Waals surface area (Å²) < 4.78 is 5.21. The summed E-state index contributed by atoms with van der Waals surface area (Å²) in [7, 11) is 0. The SMILES string of the molecule is CC(C)(C)OC(=O)N1CC(O)(CNC(=O)c2ccc(C(N)=O)cc2)C1. The predicted molar refractivity (Wildman–Crippen MR) is 90.0 cm³/mol. The average Bonchev–Trinajstić information content (AvgIpc) is 2.48. The molecule has 3 amide bonds. The molecule has 1 aromatic carbocycles. The Morgan fingerprint density at radius 1 is 1.20 bits per heavy atom. The second-order valence-corrected chi connectivity index (χ2v) is 7.19. The summed E-state index contributed by atoms with van der Waals surface area (Å²) >= 11 is 0. The molecule has 2 rings (SSSR count). The highest BCUT2D eigenvalue weighted by molar-refractivity contribution is 5.97. The van der Waals surface area contributed by atoms with Crippen LogP contribution in [0.3, 0.4) is 0 Å². The molecule has 1 aromatic rings. The van der Waals surface area contributed by atoms with Gasteiger partial charge in [0.2, 0.25) is 5.91 Å². The number of nitrogens with two attached hydrogens (primary N) is 1. The van der Waals surface area contributed by atoms with E-state index in [2.05, 4.69) is 5.32 Å². The van der Waals surface area contributed by atoms with Gasteiger partial charge in [-0.05, 0) is 45.0 Å². The van der Waals surface area contributed by atoms with Crippen molar-refractivity contribution in [2.24, 2.45) is 5.73 Å². The zero-order valence-electron chi connectivity index (χ0n) is 14.5. The monoisotopic (exact) mass is 349 g/mol. The minimum Gasteiger partial charge on any atom is -0.444 e. The number of nitrogens with zero attached hydrogens (tertiary/aromatic N) is 1. The van der Waals surface area contributed by atoms with E-state index in [0.29, 0.717) is 11.1 Å². The quantitative estimate of drug-likeness (QED) is 0.730. The molecule has 25 heavy (non-hydrogen) atoms. The predicted octanol–water partition coefficient (Wildman–Crippen LogP) is 0.497. The first-order valence-electron chi connectivity index (χ1n) is 7.87. The second kappa shape index (κ2) is 6.72. The van der Waals surface area contributed by atoms with Crippen LogP contribution in [-0.4, -0.2) is 58.8 Å². The van der Waals surface area contributed by atoms with E-state index in [1.54, 1.807) is 20.8 Å². The lowest BCUT2D eigenvalue weighted by Gasteiger charge is -2.46. The van der Waals surface area contributed by atoms with Crippen LogP contribution < -0.4 is 11.1 Å². The fourth-order valence-corrected chi connectivity index (χ4v) is 2.36. The van der Waals surface area contributed by atoms with Crippen molar-refractivity contribution in [3.8, 4) is 0 Å². The second-order valence-electron chi connectivity index (χ2n) is 7.19. The summed E-state index contributed by atoms with van der Waals surface area (Å²) in [6.07, 6.45) is -0.495. The molecule has 0 bridgehead atoms. The number of likely N-dealkylation sites (tertiary alicyclic amines) is 1. The number of ether oxygens (including phenoxy) is 1. The third kappa shape index (κ3) is 4.93. The Morgan fingerprint density at radius 2 is 1.72 bits per heavy atom. The van der Waals surface area contributed by atoms with Crippen molar-refractivity contribution in [2.75, 3.05) is 19.6 Å². The number of amides is 3. The maximum absolute atomic E-state index is 12.1. The van der Waals surface area contributed by atoms with Crippen LogP contribution in [0.15, 0.2) is 24.3 Å². The smallest absolute Gasteiger partial charge is 0.410 e. The van der Waals surface area contributed by atoms with E-state index in [4.69, 9.17) is 10.5 Å². The van der Waals surface area contributed by atoms with E-state index in [1.165, 1.54) is 29.2 Å². The van der Waals surface area contributed by atoms with Crippen LogP contribution in [0.2, 0.25) is 0 Å². The van der Waals surface area contributed by atoms with Gasteiger partial charge >= 0.3 is 6.09 Å². The number of rotatable bonds is 4. The van der Waals surface area contributed by atoms with Crippen LogP contribution in [0.1, 0.15) is 41.5 Å². The molecule has 0 spiro atoms. The van der Waals surface area contributed by atoms with Gasteiger partial charge in [0.15, 0.2) is 0 Å². The number of aliphatic hydroxyl groups is 1.